The lowest BCUT2D eigenvalue weighted by Gasteiger charge is -2.38. The highest BCUT2D eigenvalue weighted by Gasteiger charge is 2.35. The Morgan fingerprint density at radius 2 is 0.937 bits per heavy atom. The van der Waals surface area contributed by atoms with Gasteiger partial charge in [-0.3, -0.25) is 13.6 Å². The van der Waals surface area contributed by atoms with Gasteiger partial charge in [0.2, 0.25) is 11.3 Å². The number of nitrogens with zero attached hydrogens (tertiary/aromatic N) is 6. The third-order valence-electron chi connectivity index (χ3n) is 12.2. The van der Waals surface area contributed by atoms with Crippen LogP contribution >= 0.6 is 0 Å². The fourth-order valence-electron chi connectivity index (χ4n) is 8.39. The van der Waals surface area contributed by atoms with E-state index in [1.54, 1.807) is 12.4 Å². The summed E-state index contributed by atoms with van der Waals surface area (Å²) >= 11 is 0. The van der Waals surface area contributed by atoms with Gasteiger partial charge in [0.1, 0.15) is 5.69 Å². The first-order chi connectivity index (χ1) is 30.5. The number of carbonyl (C=O) groups is 2. The zero-order valence-corrected chi connectivity index (χ0v) is 35.2. The van der Waals surface area contributed by atoms with Gasteiger partial charge in [-0.05, 0) is 49.7 Å². The number of rotatable bonds is 10. The third-order valence-corrected chi connectivity index (χ3v) is 12.2. The minimum Gasteiger partial charge on any atom is -0.478 e. The molecule has 6 N–H and O–H groups in total. The van der Waals surface area contributed by atoms with E-state index in [9.17, 15) is 9.59 Å². The van der Waals surface area contributed by atoms with Gasteiger partial charge in [0.05, 0.1) is 44.1 Å². The van der Waals surface area contributed by atoms with Crippen molar-refractivity contribution in [2.24, 2.45) is 17.2 Å². The highest BCUT2D eigenvalue weighted by molar-refractivity contribution is 5.92. The van der Waals surface area contributed by atoms with E-state index in [-0.39, 0.29) is 34.2 Å². The molecule has 2 aliphatic carbocycles. The number of hydrogen-bond donors (Lipinski definition) is 3. The van der Waals surface area contributed by atoms with Gasteiger partial charge in [-0.2, -0.15) is 0 Å². The van der Waals surface area contributed by atoms with E-state index in [1.165, 1.54) is 21.3 Å². The van der Waals surface area contributed by atoms with Crippen molar-refractivity contribution in [3.63, 3.8) is 0 Å². The molecule has 1 amide bonds. The number of fused-ring (bicyclic) bond motifs is 2. The van der Waals surface area contributed by atoms with E-state index in [2.05, 4.69) is 46.4 Å². The normalized spacial score (nSPS) is 14.8. The standard InChI is InChI=1S/C25H24N4O3.C24H23N5O2/c1-31-23-22-28-20(16-9-11-18(12-10-16)25(26)13-6-14-25)21(17-7-4-3-5-8-17)29(22)15-19(27-23)24(30)32-2;1-31-23-22-28-19(15-8-10-17(11-9-15)24(26)12-5-13-24)20(16-6-3-2-4-7-16)29(22)14-18(27-23)21(25)30/h3-5,7-12,15H,6,13-14,26H2,1-2H3;2-4,6-11,14H,5,12-13,26H2,1H3,(H2,25,30). The molecule has 4 aromatic heterocycles. The number of nitrogens with two attached hydrogens (primary N) is 3. The smallest absolute Gasteiger partial charge is 0.358 e. The zero-order chi connectivity index (χ0) is 43.9. The summed E-state index contributed by atoms with van der Waals surface area (Å²) in [6.45, 7) is 0. The second kappa shape index (κ2) is 16.5. The third kappa shape index (κ3) is 7.42. The number of methoxy groups -OCH3 is 3. The Morgan fingerprint density at radius 3 is 1.29 bits per heavy atom. The second-order valence-electron chi connectivity index (χ2n) is 16.0. The summed E-state index contributed by atoms with van der Waals surface area (Å²) in [5.41, 5.74) is 28.6. The predicted octanol–water partition coefficient (Wildman–Crippen LogP) is 7.71. The first kappa shape index (κ1) is 41.0. The van der Waals surface area contributed by atoms with Gasteiger partial charge in [0.25, 0.3) is 17.7 Å². The van der Waals surface area contributed by atoms with Gasteiger partial charge in [0, 0.05) is 45.7 Å². The molecule has 14 heteroatoms. The average molecular weight is 842 g/mol. The first-order valence-corrected chi connectivity index (χ1v) is 20.8. The van der Waals surface area contributed by atoms with Gasteiger partial charge < -0.3 is 31.4 Å². The van der Waals surface area contributed by atoms with E-state index >= 15 is 0 Å². The van der Waals surface area contributed by atoms with Gasteiger partial charge >= 0.3 is 5.97 Å². The topological polar surface area (TPSA) is 200 Å². The van der Waals surface area contributed by atoms with Crippen LogP contribution in [0.15, 0.2) is 122 Å². The highest BCUT2D eigenvalue weighted by atomic mass is 16.5. The fraction of sp³-hybridized carbons (Fsp3) is 0.224. The minimum absolute atomic E-state index is 0.107. The number of aromatic nitrogens is 6. The number of hydrogen-bond acceptors (Lipinski definition) is 11. The molecule has 0 atom stereocenters. The van der Waals surface area contributed by atoms with Crippen LogP contribution in [0.3, 0.4) is 0 Å². The van der Waals surface area contributed by atoms with Crippen molar-refractivity contribution in [3.8, 4) is 56.8 Å². The van der Waals surface area contributed by atoms with Crippen LogP contribution in [0.5, 0.6) is 11.8 Å². The Kier molecular flexibility index (Phi) is 10.7. The van der Waals surface area contributed by atoms with E-state index in [0.717, 1.165) is 94.7 Å². The molecular weight excluding hydrogens is 795 g/mol. The van der Waals surface area contributed by atoms with E-state index in [1.807, 2.05) is 81.6 Å². The molecule has 0 saturated heterocycles. The molecule has 2 fully saturated rings. The molecule has 0 unspecified atom stereocenters. The van der Waals surface area contributed by atoms with Crippen molar-refractivity contribution in [2.45, 2.75) is 49.6 Å². The quantitative estimate of drug-likeness (QED) is 0.114. The number of imidazole rings is 2. The maximum atomic E-state index is 12.2. The molecule has 2 aliphatic rings. The maximum absolute atomic E-state index is 12.2. The van der Waals surface area contributed by atoms with E-state index < -0.39 is 11.9 Å². The molecule has 0 bridgehead atoms. The van der Waals surface area contributed by atoms with Crippen LogP contribution in [-0.4, -0.2) is 61.9 Å². The summed E-state index contributed by atoms with van der Waals surface area (Å²) in [4.78, 5) is 42.3. The summed E-state index contributed by atoms with van der Waals surface area (Å²) in [6.07, 6.45) is 9.61. The van der Waals surface area contributed by atoms with Crippen molar-refractivity contribution < 1.29 is 23.8 Å². The monoisotopic (exact) mass is 841 g/mol. The molecule has 63 heavy (non-hydrogen) atoms. The Balaban J connectivity index is 0.000000160. The summed E-state index contributed by atoms with van der Waals surface area (Å²) < 4.78 is 19.4. The molecule has 2 saturated carbocycles. The SMILES string of the molecule is COC(=O)c1cn2c(-c3ccccc3)c(-c3ccc(C4(N)CCC4)cc3)nc2c(OC)n1.COc1nc(C(N)=O)cn2c(-c3ccccc3)c(-c3ccc(C4(N)CCC4)cc3)nc12. The van der Waals surface area contributed by atoms with Gasteiger partial charge in [-0.15, -0.1) is 0 Å². The largest absolute Gasteiger partial charge is 0.478 e. The number of primary amides is 1. The summed E-state index contributed by atoms with van der Waals surface area (Å²) in [5, 5.41) is 0. The summed E-state index contributed by atoms with van der Waals surface area (Å²) in [5.74, 6) is -0.680. The molecule has 0 radical (unpaired) electrons. The number of carbonyl (C=O) groups excluding carboxylic acids is 2. The van der Waals surface area contributed by atoms with Crippen molar-refractivity contribution in [3.05, 3.63) is 144 Å². The molecule has 4 heterocycles. The number of esters is 1. The van der Waals surface area contributed by atoms with Crippen molar-refractivity contribution in [1.82, 2.24) is 28.7 Å². The molecule has 0 aliphatic heterocycles. The Morgan fingerprint density at radius 1 is 0.540 bits per heavy atom. The van der Waals surface area contributed by atoms with E-state index in [4.69, 9.17) is 41.4 Å². The molecule has 4 aromatic carbocycles. The summed E-state index contributed by atoms with van der Waals surface area (Å²) in [7, 11) is 4.33. The van der Waals surface area contributed by atoms with Gasteiger partial charge in [0.15, 0.2) is 5.69 Å². The number of amides is 1. The molecular formula is C49H47N9O5. The second-order valence-corrected chi connectivity index (χ2v) is 16.0. The number of ether oxygens (including phenoxy) is 3. The van der Waals surface area contributed by atoms with E-state index in [0.29, 0.717) is 11.3 Å². The fourth-order valence-corrected chi connectivity index (χ4v) is 8.39. The van der Waals surface area contributed by atoms with Crippen LogP contribution in [0.2, 0.25) is 0 Å². The lowest BCUT2D eigenvalue weighted by Crippen LogP contribution is -2.43. The van der Waals surface area contributed by atoms with Crippen LogP contribution in [0.4, 0.5) is 0 Å². The number of benzene rings is 4. The van der Waals surface area contributed by atoms with Crippen molar-refractivity contribution in [1.29, 1.82) is 0 Å². The maximum Gasteiger partial charge on any atom is 0.358 e. The zero-order valence-electron chi connectivity index (χ0n) is 35.2. The summed E-state index contributed by atoms with van der Waals surface area (Å²) in [6, 6.07) is 36.3. The molecule has 318 valence electrons. The minimum atomic E-state index is -0.632. The lowest BCUT2D eigenvalue weighted by molar-refractivity contribution is 0.0592. The average Bonchev–Trinajstić information content (AvgIpc) is 3.89. The van der Waals surface area contributed by atoms with Crippen LogP contribution < -0.4 is 26.7 Å². The molecule has 14 nitrogen and oxygen atoms in total. The highest BCUT2D eigenvalue weighted by Crippen LogP contribution is 2.42. The van der Waals surface area contributed by atoms with Gasteiger partial charge in [-0.1, -0.05) is 109 Å². The van der Waals surface area contributed by atoms with Crippen LogP contribution in [0, 0.1) is 0 Å². The first-order valence-electron chi connectivity index (χ1n) is 20.8. The Hall–Kier alpha value is -7.42. The van der Waals surface area contributed by atoms with Crippen LogP contribution in [-0.2, 0) is 15.8 Å². The molecule has 0 spiro atoms. The molecule has 8 aromatic rings. The van der Waals surface area contributed by atoms with Crippen LogP contribution in [0.25, 0.3) is 56.3 Å². The van der Waals surface area contributed by atoms with Crippen molar-refractivity contribution >= 4 is 23.2 Å². The predicted molar refractivity (Wildman–Crippen MR) is 240 cm³/mol. The van der Waals surface area contributed by atoms with Crippen LogP contribution in [0.1, 0.15) is 70.6 Å². The molecule has 10 rings (SSSR count). The van der Waals surface area contributed by atoms with Gasteiger partial charge in [-0.25, -0.2) is 24.7 Å². The Bertz CT molecular complexity index is 2980. The van der Waals surface area contributed by atoms with Crippen molar-refractivity contribution in [2.75, 3.05) is 21.3 Å². The Labute approximate surface area is 363 Å². The lowest BCUT2D eigenvalue weighted by atomic mass is 9.72.